The average molecular weight is 348 g/mol. The van der Waals surface area contributed by atoms with Gasteiger partial charge in [0, 0.05) is 5.92 Å². The zero-order valence-corrected chi connectivity index (χ0v) is 15.1. The molecule has 1 saturated heterocycles. The molecule has 2 aliphatic rings. The Morgan fingerprint density at radius 2 is 1.88 bits per heavy atom. The maximum Gasteiger partial charge on any atom is 0.367 e. The van der Waals surface area contributed by atoms with Crippen molar-refractivity contribution in [2.24, 2.45) is 5.92 Å². The highest BCUT2D eigenvalue weighted by Crippen LogP contribution is 2.28. The monoisotopic (exact) mass is 348 g/mol. The largest absolute Gasteiger partial charge is 0.455 e. The number of carbonyl (C=O) groups excluding carboxylic acids is 1. The van der Waals surface area contributed by atoms with Crippen LogP contribution in [0.2, 0.25) is 0 Å². The van der Waals surface area contributed by atoms with E-state index in [1.807, 2.05) is 25.1 Å². The number of ether oxygens (including phenoxy) is 3. The molecular formula is C20H30NO4+. The van der Waals surface area contributed by atoms with Gasteiger partial charge in [0.25, 0.3) is 0 Å². The van der Waals surface area contributed by atoms with E-state index in [1.165, 1.54) is 18.4 Å². The predicted molar refractivity (Wildman–Crippen MR) is 93.8 cm³/mol. The van der Waals surface area contributed by atoms with Crippen LogP contribution in [0.3, 0.4) is 0 Å². The first-order valence-corrected chi connectivity index (χ1v) is 9.44. The topological polar surface area (TPSA) is 72.4 Å². The Bertz CT molecular complexity index is 544. The van der Waals surface area contributed by atoms with Crippen molar-refractivity contribution in [3.8, 4) is 0 Å². The number of quaternary nitrogens is 1. The van der Waals surface area contributed by atoms with Gasteiger partial charge in [-0.3, -0.25) is 0 Å². The Morgan fingerprint density at radius 3 is 2.60 bits per heavy atom. The van der Waals surface area contributed by atoms with Gasteiger partial charge >= 0.3 is 5.97 Å². The number of esters is 1. The maximum atomic E-state index is 12.2. The molecule has 0 bridgehead atoms. The van der Waals surface area contributed by atoms with Gasteiger partial charge in [-0.25, -0.2) is 4.79 Å². The van der Waals surface area contributed by atoms with E-state index in [4.69, 9.17) is 14.2 Å². The van der Waals surface area contributed by atoms with E-state index >= 15 is 0 Å². The Kier molecular flexibility index (Phi) is 6.45. The molecule has 4 atom stereocenters. The van der Waals surface area contributed by atoms with E-state index in [-0.39, 0.29) is 30.2 Å². The molecule has 1 saturated carbocycles. The van der Waals surface area contributed by atoms with Gasteiger partial charge in [-0.2, -0.15) is 0 Å². The van der Waals surface area contributed by atoms with Gasteiger partial charge in [0.2, 0.25) is 6.04 Å². The molecule has 1 aromatic carbocycles. The normalized spacial score (nSPS) is 31.8. The van der Waals surface area contributed by atoms with E-state index in [1.54, 1.807) is 0 Å². The molecule has 2 fully saturated rings. The lowest BCUT2D eigenvalue weighted by molar-refractivity contribution is -0.415. The summed E-state index contributed by atoms with van der Waals surface area (Å²) in [6, 6.07) is 9.89. The SMILES string of the molecule is C[C@@H]1OC(=O)[C@@H]([NH3+])COC[C@H](Cc2ccccc2)[C@H]1OC1CCCC1. The summed E-state index contributed by atoms with van der Waals surface area (Å²) >= 11 is 0. The molecule has 0 unspecified atom stereocenters. The highest BCUT2D eigenvalue weighted by Gasteiger charge is 2.36. The fourth-order valence-corrected chi connectivity index (χ4v) is 3.81. The second-order valence-corrected chi connectivity index (χ2v) is 7.33. The predicted octanol–water partition coefficient (Wildman–Crippen LogP) is 1.75. The Morgan fingerprint density at radius 1 is 1.16 bits per heavy atom. The lowest BCUT2D eigenvalue weighted by atomic mass is 9.91. The number of benzene rings is 1. The average Bonchev–Trinajstić information content (AvgIpc) is 3.13. The van der Waals surface area contributed by atoms with Gasteiger partial charge in [0.05, 0.1) is 18.8 Å². The minimum absolute atomic E-state index is 0.149. The molecule has 0 radical (unpaired) electrons. The van der Waals surface area contributed by atoms with Crippen molar-refractivity contribution >= 4 is 5.97 Å². The molecule has 5 nitrogen and oxygen atoms in total. The molecule has 5 heteroatoms. The van der Waals surface area contributed by atoms with Crippen LogP contribution in [0.1, 0.15) is 38.2 Å². The van der Waals surface area contributed by atoms with E-state index in [2.05, 4.69) is 17.9 Å². The van der Waals surface area contributed by atoms with Crippen molar-refractivity contribution in [3.05, 3.63) is 35.9 Å². The van der Waals surface area contributed by atoms with Gasteiger partial charge in [0.1, 0.15) is 12.7 Å². The molecule has 0 amide bonds. The Balaban J connectivity index is 1.78. The molecule has 0 spiro atoms. The van der Waals surface area contributed by atoms with Crippen LogP contribution in [0.15, 0.2) is 30.3 Å². The third kappa shape index (κ3) is 5.03. The van der Waals surface area contributed by atoms with E-state index < -0.39 is 6.04 Å². The summed E-state index contributed by atoms with van der Waals surface area (Å²) in [5.74, 6) is -0.149. The van der Waals surface area contributed by atoms with Gasteiger partial charge in [-0.1, -0.05) is 43.2 Å². The lowest BCUT2D eigenvalue weighted by Gasteiger charge is -2.33. The van der Waals surface area contributed by atoms with Gasteiger partial charge in [-0.15, -0.1) is 0 Å². The summed E-state index contributed by atoms with van der Waals surface area (Å²) in [5, 5.41) is 0. The van der Waals surface area contributed by atoms with Crippen molar-refractivity contribution < 1.29 is 24.7 Å². The summed E-state index contributed by atoms with van der Waals surface area (Å²) in [6.07, 6.45) is 5.27. The molecule has 3 N–H and O–H groups in total. The fraction of sp³-hybridized carbons (Fsp3) is 0.650. The number of rotatable bonds is 4. The minimum atomic E-state index is -0.481. The molecule has 0 aromatic heterocycles. The minimum Gasteiger partial charge on any atom is -0.455 e. The molecule has 138 valence electrons. The Hall–Kier alpha value is -1.43. The lowest BCUT2D eigenvalue weighted by Crippen LogP contribution is -2.67. The second-order valence-electron chi connectivity index (χ2n) is 7.33. The van der Waals surface area contributed by atoms with E-state index in [9.17, 15) is 4.79 Å². The first-order chi connectivity index (χ1) is 12.1. The summed E-state index contributed by atoms with van der Waals surface area (Å²) in [5.41, 5.74) is 5.10. The summed E-state index contributed by atoms with van der Waals surface area (Å²) in [6.45, 7) is 2.79. The van der Waals surface area contributed by atoms with Crippen LogP contribution in [0, 0.1) is 5.92 Å². The zero-order valence-electron chi connectivity index (χ0n) is 15.1. The van der Waals surface area contributed by atoms with Crippen molar-refractivity contribution in [1.82, 2.24) is 0 Å². The highest BCUT2D eigenvalue weighted by atomic mass is 16.6. The summed E-state index contributed by atoms with van der Waals surface area (Å²) in [7, 11) is 0. The van der Waals surface area contributed by atoms with Crippen molar-refractivity contribution in [1.29, 1.82) is 0 Å². The van der Waals surface area contributed by atoms with Crippen LogP contribution in [0.4, 0.5) is 0 Å². The first kappa shape index (κ1) is 18.4. The number of hydrogen-bond donors (Lipinski definition) is 1. The highest BCUT2D eigenvalue weighted by molar-refractivity contribution is 5.74. The van der Waals surface area contributed by atoms with Gasteiger partial charge in [-0.05, 0) is 31.7 Å². The van der Waals surface area contributed by atoms with Crippen molar-refractivity contribution in [2.45, 2.75) is 63.4 Å². The van der Waals surface area contributed by atoms with Crippen LogP contribution in [0.25, 0.3) is 0 Å². The van der Waals surface area contributed by atoms with Crippen molar-refractivity contribution in [3.63, 3.8) is 0 Å². The molecule has 1 aromatic rings. The zero-order chi connectivity index (χ0) is 17.6. The van der Waals surface area contributed by atoms with Crippen LogP contribution in [-0.2, 0) is 25.4 Å². The van der Waals surface area contributed by atoms with Crippen LogP contribution >= 0.6 is 0 Å². The van der Waals surface area contributed by atoms with Gasteiger partial charge in [0.15, 0.2) is 0 Å². The van der Waals surface area contributed by atoms with Crippen LogP contribution < -0.4 is 5.73 Å². The van der Waals surface area contributed by atoms with E-state index in [0.717, 1.165) is 19.3 Å². The molecule has 25 heavy (non-hydrogen) atoms. The van der Waals surface area contributed by atoms with Crippen LogP contribution in [-0.4, -0.2) is 43.5 Å². The molecule has 1 heterocycles. The second kappa shape index (κ2) is 8.79. The quantitative estimate of drug-likeness (QED) is 0.842. The smallest absolute Gasteiger partial charge is 0.367 e. The number of cyclic esters (lactones) is 1. The standard InChI is InChI=1S/C20H29NO4/c1-14-19(25-17-9-5-6-10-17)16(11-15-7-3-2-4-8-15)12-23-13-18(21)20(22)24-14/h2-4,7-8,14,16-19H,5-6,9-13,21H2,1H3/p+1/t14-,16-,18-,19-/m0/s1. The van der Waals surface area contributed by atoms with Crippen LogP contribution in [0.5, 0.6) is 0 Å². The first-order valence-electron chi connectivity index (χ1n) is 9.44. The summed E-state index contributed by atoms with van der Waals surface area (Å²) < 4.78 is 17.9. The molecule has 3 rings (SSSR count). The third-order valence-electron chi connectivity index (χ3n) is 5.21. The van der Waals surface area contributed by atoms with Gasteiger partial charge < -0.3 is 19.9 Å². The fourth-order valence-electron chi connectivity index (χ4n) is 3.81. The third-order valence-corrected chi connectivity index (χ3v) is 5.21. The Labute approximate surface area is 149 Å². The number of hydrogen-bond acceptors (Lipinski definition) is 4. The molecule has 1 aliphatic heterocycles. The van der Waals surface area contributed by atoms with E-state index in [0.29, 0.717) is 13.2 Å². The maximum absolute atomic E-state index is 12.2. The van der Waals surface area contributed by atoms with Crippen molar-refractivity contribution in [2.75, 3.05) is 13.2 Å². The molecule has 1 aliphatic carbocycles. The number of carbonyl (C=O) groups is 1. The molecular weight excluding hydrogens is 318 g/mol. The summed E-state index contributed by atoms with van der Waals surface area (Å²) in [4.78, 5) is 12.2.